The minimum atomic E-state index is -0.225. The Balaban J connectivity index is 1.92. The summed E-state index contributed by atoms with van der Waals surface area (Å²) in [5.41, 5.74) is 2.20. The number of ether oxygens (including phenoxy) is 1. The molecule has 0 N–H and O–H groups in total. The third kappa shape index (κ3) is 4.59. The van der Waals surface area contributed by atoms with Crippen LogP contribution in [0.15, 0.2) is 28.8 Å². The minimum absolute atomic E-state index is 0.225. The van der Waals surface area contributed by atoms with Gasteiger partial charge in [-0.15, -0.1) is 11.8 Å². The van der Waals surface area contributed by atoms with Crippen molar-refractivity contribution in [1.29, 1.82) is 0 Å². The van der Waals surface area contributed by atoms with E-state index >= 15 is 0 Å². The normalized spacial score (nSPS) is 10.9. The van der Waals surface area contributed by atoms with E-state index in [2.05, 4.69) is 36.1 Å². The van der Waals surface area contributed by atoms with E-state index in [1.54, 1.807) is 6.92 Å². The quantitative estimate of drug-likeness (QED) is 0.725. The van der Waals surface area contributed by atoms with E-state index < -0.39 is 0 Å². The number of carbonyl (C=O) groups excluding carboxylic acids is 1. The fourth-order valence-corrected chi connectivity index (χ4v) is 2.52. The Morgan fingerprint density at radius 2 is 2.05 bits per heavy atom. The van der Waals surface area contributed by atoms with Gasteiger partial charge in [-0.1, -0.05) is 43.3 Å². The monoisotopic (exact) mass is 320 g/mol. The Bertz CT molecular complexity index is 608. The van der Waals surface area contributed by atoms with Crippen LogP contribution in [0.2, 0.25) is 0 Å². The lowest BCUT2D eigenvalue weighted by atomic mass is 10.0. The van der Waals surface area contributed by atoms with Crippen molar-refractivity contribution in [2.45, 2.75) is 32.4 Å². The molecule has 5 nitrogen and oxygen atoms in total. The smallest absolute Gasteiger partial charge is 0.315 e. The van der Waals surface area contributed by atoms with Crippen LogP contribution in [0.5, 0.6) is 0 Å². The average Bonchev–Trinajstić information content (AvgIpc) is 2.96. The van der Waals surface area contributed by atoms with E-state index in [4.69, 9.17) is 9.26 Å². The number of carbonyl (C=O) groups is 1. The Labute approximate surface area is 134 Å². The lowest BCUT2D eigenvalue weighted by molar-refractivity contribution is -0.139. The molecule has 0 bridgehead atoms. The van der Waals surface area contributed by atoms with E-state index in [-0.39, 0.29) is 11.7 Å². The Kier molecular flexibility index (Phi) is 6.00. The molecule has 1 heterocycles. The van der Waals surface area contributed by atoms with Gasteiger partial charge in [0.05, 0.1) is 18.1 Å². The summed E-state index contributed by atoms with van der Waals surface area (Å²) in [5.74, 6) is 2.13. The highest BCUT2D eigenvalue weighted by atomic mass is 32.2. The summed E-state index contributed by atoms with van der Waals surface area (Å²) in [4.78, 5) is 15.6. The predicted octanol–water partition coefficient (Wildman–Crippen LogP) is 3.66. The van der Waals surface area contributed by atoms with Crippen molar-refractivity contribution in [3.8, 4) is 11.4 Å². The first kappa shape index (κ1) is 16.5. The molecule has 1 aromatic carbocycles. The van der Waals surface area contributed by atoms with E-state index in [9.17, 15) is 4.79 Å². The van der Waals surface area contributed by atoms with Crippen LogP contribution in [0.4, 0.5) is 0 Å². The van der Waals surface area contributed by atoms with Crippen molar-refractivity contribution in [3.05, 3.63) is 35.7 Å². The van der Waals surface area contributed by atoms with E-state index in [1.165, 1.54) is 17.3 Å². The molecule has 2 aromatic rings. The van der Waals surface area contributed by atoms with Gasteiger partial charge in [0.15, 0.2) is 0 Å². The Morgan fingerprint density at radius 3 is 2.68 bits per heavy atom. The van der Waals surface area contributed by atoms with Crippen LogP contribution >= 0.6 is 11.8 Å². The molecule has 0 radical (unpaired) electrons. The summed E-state index contributed by atoms with van der Waals surface area (Å²) in [6, 6.07) is 8.14. The van der Waals surface area contributed by atoms with Crippen molar-refractivity contribution in [1.82, 2.24) is 10.1 Å². The topological polar surface area (TPSA) is 65.2 Å². The molecular formula is C16H20N2O3S. The molecule has 0 unspecified atom stereocenters. The fourth-order valence-electron chi connectivity index (χ4n) is 1.87. The molecule has 0 fully saturated rings. The number of rotatable bonds is 7. The van der Waals surface area contributed by atoms with Gasteiger partial charge in [0, 0.05) is 5.56 Å². The second-order valence-electron chi connectivity index (χ2n) is 5.09. The van der Waals surface area contributed by atoms with Crippen LogP contribution in [0.1, 0.15) is 38.1 Å². The van der Waals surface area contributed by atoms with E-state index in [0.29, 0.717) is 30.0 Å². The average molecular weight is 320 g/mol. The summed E-state index contributed by atoms with van der Waals surface area (Å²) >= 11 is 1.40. The van der Waals surface area contributed by atoms with Gasteiger partial charge in [-0.25, -0.2) is 0 Å². The van der Waals surface area contributed by atoms with Gasteiger partial charge in [0.25, 0.3) is 0 Å². The van der Waals surface area contributed by atoms with Crippen LogP contribution in [0.3, 0.4) is 0 Å². The second kappa shape index (κ2) is 7.98. The molecular weight excluding hydrogens is 300 g/mol. The molecule has 0 spiro atoms. The maximum absolute atomic E-state index is 11.2. The zero-order valence-corrected chi connectivity index (χ0v) is 13.9. The Hall–Kier alpha value is -1.82. The molecule has 118 valence electrons. The largest absolute Gasteiger partial charge is 0.465 e. The predicted molar refractivity (Wildman–Crippen MR) is 86.6 cm³/mol. The standard InChI is InChI=1S/C16H20N2O3S/c1-4-20-15(19)10-22-9-14-17-16(18-21-14)13-7-5-12(6-8-13)11(2)3/h5-8,11H,4,9-10H2,1-3H3. The van der Waals surface area contributed by atoms with Crippen molar-refractivity contribution in [2.24, 2.45) is 0 Å². The summed E-state index contributed by atoms with van der Waals surface area (Å²) in [5, 5.41) is 3.98. The number of hydrogen-bond donors (Lipinski definition) is 0. The van der Waals surface area contributed by atoms with Crippen LogP contribution in [-0.2, 0) is 15.3 Å². The molecule has 6 heteroatoms. The summed E-state index contributed by atoms with van der Waals surface area (Å²) in [6.45, 7) is 6.50. The number of hydrogen-bond acceptors (Lipinski definition) is 6. The minimum Gasteiger partial charge on any atom is -0.465 e. The van der Waals surface area contributed by atoms with Gasteiger partial charge in [-0.3, -0.25) is 4.79 Å². The SMILES string of the molecule is CCOC(=O)CSCc1nc(-c2ccc(C(C)C)cc2)no1. The van der Waals surface area contributed by atoms with Crippen LogP contribution in [0.25, 0.3) is 11.4 Å². The zero-order chi connectivity index (χ0) is 15.9. The van der Waals surface area contributed by atoms with Crippen LogP contribution < -0.4 is 0 Å². The van der Waals surface area contributed by atoms with Crippen LogP contribution in [-0.4, -0.2) is 28.5 Å². The number of aromatic nitrogens is 2. The highest BCUT2D eigenvalue weighted by Gasteiger charge is 2.10. The van der Waals surface area contributed by atoms with Crippen molar-refractivity contribution in [3.63, 3.8) is 0 Å². The van der Waals surface area contributed by atoms with Gasteiger partial charge in [0.1, 0.15) is 0 Å². The number of esters is 1. The summed E-state index contributed by atoms with van der Waals surface area (Å²) in [6.07, 6.45) is 0. The first-order chi connectivity index (χ1) is 10.6. The lowest BCUT2D eigenvalue weighted by Gasteiger charge is -2.04. The molecule has 0 amide bonds. The summed E-state index contributed by atoms with van der Waals surface area (Å²) < 4.78 is 10.1. The molecule has 22 heavy (non-hydrogen) atoms. The van der Waals surface area contributed by atoms with Gasteiger partial charge >= 0.3 is 5.97 Å². The molecule has 0 aliphatic heterocycles. The third-order valence-electron chi connectivity index (χ3n) is 3.05. The Morgan fingerprint density at radius 1 is 1.32 bits per heavy atom. The van der Waals surface area contributed by atoms with Crippen molar-refractivity contribution < 1.29 is 14.1 Å². The lowest BCUT2D eigenvalue weighted by Crippen LogP contribution is -2.06. The van der Waals surface area contributed by atoms with Gasteiger partial charge in [-0.05, 0) is 18.4 Å². The second-order valence-corrected chi connectivity index (χ2v) is 6.07. The molecule has 2 rings (SSSR count). The molecule has 1 aromatic heterocycles. The first-order valence-corrected chi connectivity index (χ1v) is 8.42. The number of benzene rings is 1. The van der Waals surface area contributed by atoms with Crippen molar-refractivity contribution >= 4 is 17.7 Å². The van der Waals surface area contributed by atoms with Crippen LogP contribution in [0, 0.1) is 0 Å². The zero-order valence-electron chi connectivity index (χ0n) is 13.0. The highest BCUT2D eigenvalue weighted by Crippen LogP contribution is 2.21. The molecule has 0 aliphatic rings. The first-order valence-electron chi connectivity index (χ1n) is 7.26. The summed E-state index contributed by atoms with van der Waals surface area (Å²) in [7, 11) is 0. The van der Waals surface area contributed by atoms with Gasteiger partial charge < -0.3 is 9.26 Å². The number of nitrogens with zero attached hydrogens (tertiary/aromatic N) is 2. The van der Waals surface area contributed by atoms with E-state index in [1.807, 2.05) is 12.1 Å². The van der Waals surface area contributed by atoms with Gasteiger partial charge in [0.2, 0.25) is 11.7 Å². The maximum atomic E-state index is 11.2. The van der Waals surface area contributed by atoms with Crippen molar-refractivity contribution in [2.75, 3.05) is 12.4 Å². The molecule has 0 aliphatic carbocycles. The molecule has 0 saturated carbocycles. The fraction of sp³-hybridized carbons (Fsp3) is 0.438. The molecule has 0 atom stereocenters. The number of thioether (sulfide) groups is 1. The highest BCUT2D eigenvalue weighted by molar-refractivity contribution is 7.99. The maximum Gasteiger partial charge on any atom is 0.315 e. The molecule has 0 saturated heterocycles. The van der Waals surface area contributed by atoms with E-state index in [0.717, 1.165) is 5.56 Å². The third-order valence-corrected chi connectivity index (χ3v) is 3.95. The van der Waals surface area contributed by atoms with Gasteiger partial charge in [-0.2, -0.15) is 4.98 Å².